The van der Waals surface area contributed by atoms with Crippen molar-refractivity contribution in [3.63, 3.8) is 0 Å². The van der Waals surface area contributed by atoms with E-state index < -0.39 is 23.8 Å². The topological polar surface area (TPSA) is 86.6 Å². The van der Waals surface area contributed by atoms with E-state index in [9.17, 15) is 19.8 Å². The molecule has 142 valence electrons. The van der Waals surface area contributed by atoms with Gasteiger partial charge in [-0.3, -0.25) is 4.79 Å². The number of aliphatic carboxylic acids is 1. The Hall–Kier alpha value is -3.60. The molecular weight excluding hydrogens is 354 g/mol. The number of hydrogen-bond acceptors (Lipinski definition) is 3. The molecule has 3 aromatic rings. The molecule has 28 heavy (non-hydrogen) atoms. The van der Waals surface area contributed by atoms with Gasteiger partial charge in [-0.15, -0.1) is 0 Å². The number of nitrogens with one attached hydrogen (secondary N) is 1. The molecule has 1 amide bonds. The van der Waals surface area contributed by atoms with Crippen molar-refractivity contribution in [2.24, 2.45) is 0 Å². The maximum atomic E-state index is 13.1. The Kier molecular flexibility index (Phi) is 6.07. The summed E-state index contributed by atoms with van der Waals surface area (Å²) in [5.41, 5.74) is 2.02. The van der Waals surface area contributed by atoms with Gasteiger partial charge < -0.3 is 15.5 Å². The Morgan fingerprint density at radius 1 is 0.786 bits per heavy atom. The van der Waals surface area contributed by atoms with E-state index in [2.05, 4.69) is 5.32 Å². The molecule has 0 radical (unpaired) electrons. The van der Waals surface area contributed by atoms with Crippen molar-refractivity contribution in [3.8, 4) is 5.75 Å². The summed E-state index contributed by atoms with van der Waals surface area (Å²) >= 11 is 0. The van der Waals surface area contributed by atoms with Crippen LogP contribution in [0.4, 0.5) is 0 Å². The monoisotopic (exact) mass is 375 g/mol. The third kappa shape index (κ3) is 4.57. The Morgan fingerprint density at radius 3 is 1.79 bits per heavy atom. The van der Waals surface area contributed by atoms with Crippen molar-refractivity contribution in [2.75, 3.05) is 0 Å². The summed E-state index contributed by atoms with van der Waals surface area (Å²) in [6.45, 7) is 0. The van der Waals surface area contributed by atoms with Crippen LogP contribution in [0, 0.1) is 0 Å². The van der Waals surface area contributed by atoms with Crippen LogP contribution < -0.4 is 5.32 Å². The number of para-hydroxylation sites is 1. The highest BCUT2D eigenvalue weighted by atomic mass is 16.4. The van der Waals surface area contributed by atoms with E-state index in [-0.39, 0.29) is 12.2 Å². The average Bonchev–Trinajstić information content (AvgIpc) is 2.71. The third-order valence-electron chi connectivity index (χ3n) is 4.56. The Labute approximate surface area is 163 Å². The predicted molar refractivity (Wildman–Crippen MR) is 106 cm³/mol. The minimum Gasteiger partial charge on any atom is -0.508 e. The number of amides is 1. The number of carbonyl (C=O) groups excluding carboxylic acids is 1. The SMILES string of the molecule is O=C(N[C@H](Cc1ccccc1O)C(=O)O)C(c1ccccc1)c1ccccc1. The van der Waals surface area contributed by atoms with Gasteiger partial charge in [0.05, 0.1) is 5.92 Å². The van der Waals surface area contributed by atoms with Crippen LogP contribution in [-0.4, -0.2) is 28.1 Å². The van der Waals surface area contributed by atoms with E-state index >= 15 is 0 Å². The number of benzene rings is 3. The van der Waals surface area contributed by atoms with E-state index in [4.69, 9.17) is 0 Å². The fourth-order valence-corrected chi connectivity index (χ4v) is 3.14. The van der Waals surface area contributed by atoms with Crippen LogP contribution >= 0.6 is 0 Å². The fourth-order valence-electron chi connectivity index (χ4n) is 3.14. The third-order valence-corrected chi connectivity index (χ3v) is 4.56. The van der Waals surface area contributed by atoms with Gasteiger partial charge in [-0.1, -0.05) is 78.9 Å². The van der Waals surface area contributed by atoms with Gasteiger partial charge in [0.25, 0.3) is 0 Å². The van der Waals surface area contributed by atoms with Crippen LogP contribution in [0.15, 0.2) is 84.9 Å². The second-order valence-corrected chi connectivity index (χ2v) is 6.49. The maximum absolute atomic E-state index is 13.1. The molecule has 0 aliphatic heterocycles. The number of phenolic OH excluding ortho intramolecular Hbond substituents is 1. The van der Waals surface area contributed by atoms with Gasteiger partial charge in [-0.2, -0.15) is 0 Å². The summed E-state index contributed by atoms with van der Waals surface area (Å²) in [6.07, 6.45) is -0.00987. The summed E-state index contributed by atoms with van der Waals surface area (Å²) in [5.74, 6) is -2.18. The molecule has 0 spiro atoms. The predicted octanol–water partition coefficient (Wildman–Crippen LogP) is 3.34. The average molecular weight is 375 g/mol. The van der Waals surface area contributed by atoms with Crippen LogP contribution in [0.3, 0.4) is 0 Å². The fraction of sp³-hybridized carbons (Fsp3) is 0.130. The minimum absolute atomic E-state index is 0.00525. The quantitative estimate of drug-likeness (QED) is 0.591. The first kappa shape index (κ1) is 19.2. The molecule has 0 aliphatic rings. The number of carboxylic acid groups (broad SMARTS) is 1. The van der Waals surface area contributed by atoms with E-state index in [1.807, 2.05) is 60.7 Å². The zero-order chi connectivity index (χ0) is 19.9. The summed E-state index contributed by atoms with van der Waals surface area (Å²) in [5, 5.41) is 22.2. The van der Waals surface area contributed by atoms with Gasteiger partial charge in [0.15, 0.2) is 0 Å². The van der Waals surface area contributed by atoms with E-state index in [0.29, 0.717) is 5.56 Å². The number of carbonyl (C=O) groups is 2. The molecule has 0 saturated heterocycles. The second-order valence-electron chi connectivity index (χ2n) is 6.49. The molecule has 0 saturated carbocycles. The van der Waals surface area contributed by atoms with Crippen molar-refractivity contribution in [1.29, 1.82) is 0 Å². The largest absolute Gasteiger partial charge is 0.508 e. The molecule has 0 fully saturated rings. The Balaban J connectivity index is 1.87. The number of aromatic hydroxyl groups is 1. The number of rotatable bonds is 7. The zero-order valence-electron chi connectivity index (χ0n) is 15.2. The van der Waals surface area contributed by atoms with Gasteiger partial charge in [-0.25, -0.2) is 4.79 Å². The molecule has 0 heterocycles. The van der Waals surface area contributed by atoms with Crippen molar-refractivity contribution in [1.82, 2.24) is 5.32 Å². The summed E-state index contributed by atoms with van der Waals surface area (Å²) in [4.78, 5) is 24.8. The molecule has 3 rings (SSSR count). The highest BCUT2D eigenvalue weighted by Gasteiger charge is 2.28. The first-order chi connectivity index (χ1) is 13.6. The summed E-state index contributed by atoms with van der Waals surface area (Å²) in [7, 11) is 0. The van der Waals surface area contributed by atoms with Gasteiger partial charge in [-0.05, 0) is 22.8 Å². The normalized spacial score (nSPS) is 11.8. The molecule has 3 N–H and O–H groups in total. The van der Waals surface area contributed by atoms with E-state index in [0.717, 1.165) is 11.1 Å². The number of carboxylic acids is 1. The van der Waals surface area contributed by atoms with Crippen molar-refractivity contribution < 1.29 is 19.8 Å². The second kappa shape index (κ2) is 8.86. The lowest BCUT2D eigenvalue weighted by molar-refractivity contribution is -0.141. The van der Waals surface area contributed by atoms with Crippen LogP contribution in [0.2, 0.25) is 0 Å². The van der Waals surface area contributed by atoms with Crippen LogP contribution in [0.25, 0.3) is 0 Å². The lowest BCUT2D eigenvalue weighted by Crippen LogP contribution is -2.44. The highest BCUT2D eigenvalue weighted by molar-refractivity contribution is 5.90. The molecule has 0 unspecified atom stereocenters. The maximum Gasteiger partial charge on any atom is 0.326 e. The van der Waals surface area contributed by atoms with E-state index in [1.54, 1.807) is 18.2 Å². The van der Waals surface area contributed by atoms with Crippen molar-refractivity contribution in [2.45, 2.75) is 18.4 Å². The molecule has 3 aromatic carbocycles. The Bertz CT molecular complexity index is 902. The van der Waals surface area contributed by atoms with Crippen molar-refractivity contribution >= 4 is 11.9 Å². The summed E-state index contributed by atoms with van der Waals surface area (Å²) < 4.78 is 0. The molecule has 5 nitrogen and oxygen atoms in total. The van der Waals surface area contributed by atoms with Crippen molar-refractivity contribution in [3.05, 3.63) is 102 Å². The molecule has 0 bridgehead atoms. The first-order valence-electron chi connectivity index (χ1n) is 8.96. The zero-order valence-corrected chi connectivity index (χ0v) is 15.2. The number of hydrogen-bond donors (Lipinski definition) is 3. The molecule has 0 aromatic heterocycles. The molecular formula is C23H21NO4. The van der Waals surface area contributed by atoms with Gasteiger partial charge in [0, 0.05) is 6.42 Å². The Morgan fingerprint density at radius 2 is 1.29 bits per heavy atom. The highest BCUT2D eigenvalue weighted by Crippen LogP contribution is 2.25. The molecule has 1 atom stereocenters. The van der Waals surface area contributed by atoms with Crippen LogP contribution in [-0.2, 0) is 16.0 Å². The van der Waals surface area contributed by atoms with Gasteiger partial charge in [0.1, 0.15) is 11.8 Å². The smallest absolute Gasteiger partial charge is 0.326 e. The lowest BCUT2D eigenvalue weighted by atomic mass is 9.90. The lowest BCUT2D eigenvalue weighted by Gasteiger charge is -2.21. The molecule has 5 heteroatoms. The van der Waals surface area contributed by atoms with Crippen LogP contribution in [0.5, 0.6) is 5.75 Å². The van der Waals surface area contributed by atoms with Gasteiger partial charge >= 0.3 is 5.97 Å². The molecule has 0 aliphatic carbocycles. The van der Waals surface area contributed by atoms with Gasteiger partial charge in [0.2, 0.25) is 5.91 Å². The van der Waals surface area contributed by atoms with E-state index in [1.165, 1.54) is 6.07 Å². The first-order valence-corrected chi connectivity index (χ1v) is 8.96. The summed E-state index contributed by atoms with van der Waals surface area (Å²) in [6, 6.07) is 23.8. The minimum atomic E-state index is -1.16. The number of phenols is 1. The van der Waals surface area contributed by atoms with Crippen LogP contribution in [0.1, 0.15) is 22.6 Å². The standard InChI is InChI=1S/C23H21NO4/c25-20-14-8-7-13-18(20)15-19(23(27)28)24-22(26)21(16-9-3-1-4-10-16)17-11-5-2-6-12-17/h1-14,19,21,25H,15H2,(H,24,26)(H,27,28)/t19-/m1/s1.